The zero-order chi connectivity index (χ0) is 12.3. The van der Waals surface area contributed by atoms with Crippen molar-refractivity contribution in [3.8, 4) is 0 Å². The second kappa shape index (κ2) is 5.52. The third-order valence-electron chi connectivity index (χ3n) is 2.60. The van der Waals surface area contributed by atoms with Crippen molar-refractivity contribution < 1.29 is 0 Å². The van der Waals surface area contributed by atoms with Crippen LogP contribution < -0.4 is 5.32 Å². The summed E-state index contributed by atoms with van der Waals surface area (Å²) in [6.45, 7) is 2.10. The van der Waals surface area contributed by atoms with E-state index < -0.39 is 0 Å². The van der Waals surface area contributed by atoms with Crippen LogP contribution in [0.4, 0.5) is 11.4 Å². The van der Waals surface area contributed by atoms with Crippen molar-refractivity contribution in [3.63, 3.8) is 0 Å². The quantitative estimate of drug-likeness (QED) is 0.611. The molecule has 0 saturated heterocycles. The predicted octanol–water partition coefficient (Wildman–Crippen LogP) is 4.75. The largest absolute Gasteiger partial charge is 0.354 e. The van der Waals surface area contributed by atoms with E-state index in [9.17, 15) is 0 Å². The maximum atomic E-state index is 4.38. The van der Waals surface area contributed by atoms with Gasteiger partial charge in [-0.25, -0.2) is 0 Å². The summed E-state index contributed by atoms with van der Waals surface area (Å²) in [5, 5.41) is 3.46. The van der Waals surface area contributed by atoms with Crippen LogP contribution in [0.15, 0.2) is 52.3 Å². The molecular weight excluding hydrogens is 246 g/mol. The van der Waals surface area contributed by atoms with Gasteiger partial charge in [-0.3, -0.25) is 0 Å². The minimum absolute atomic E-state index is 0.971. The van der Waals surface area contributed by atoms with Crippen LogP contribution in [0.25, 0.3) is 0 Å². The van der Waals surface area contributed by atoms with Crippen LogP contribution in [0.5, 0.6) is 0 Å². The molecule has 0 aliphatic rings. The smallest absolute Gasteiger partial charge is 0.0533 e. The zero-order valence-corrected chi connectivity index (χ0v) is 11.6. The molecule has 17 heavy (non-hydrogen) atoms. The first-order valence-electron chi connectivity index (χ1n) is 5.40. The number of thioether (sulfide) groups is 1. The lowest BCUT2D eigenvalue weighted by Crippen LogP contribution is -1.94. The van der Waals surface area contributed by atoms with Gasteiger partial charge in [-0.15, -0.1) is 24.4 Å². The summed E-state index contributed by atoms with van der Waals surface area (Å²) in [7, 11) is 0. The van der Waals surface area contributed by atoms with Crippen molar-refractivity contribution in [1.82, 2.24) is 0 Å². The van der Waals surface area contributed by atoms with Gasteiger partial charge >= 0.3 is 0 Å². The van der Waals surface area contributed by atoms with Crippen LogP contribution >= 0.6 is 24.4 Å². The van der Waals surface area contributed by atoms with Crippen LogP contribution in [0, 0.1) is 6.92 Å². The maximum absolute atomic E-state index is 4.38. The Balaban J connectivity index is 2.35. The average Bonchev–Trinajstić information content (AvgIpc) is 2.32. The Bertz CT molecular complexity index is 523. The normalized spacial score (nSPS) is 10.3. The van der Waals surface area contributed by atoms with E-state index in [2.05, 4.69) is 55.4 Å². The predicted molar refractivity (Wildman–Crippen MR) is 79.9 cm³/mol. The number of para-hydroxylation sites is 1. The molecule has 2 aromatic rings. The third-order valence-corrected chi connectivity index (χ3v) is 3.67. The Kier molecular flexibility index (Phi) is 4.02. The molecule has 3 heteroatoms. The van der Waals surface area contributed by atoms with E-state index in [1.165, 1.54) is 10.5 Å². The molecule has 0 radical (unpaired) electrons. The minimum Gasteiger partial charge on any atom is -0.354 e. The lowest BCUT2D eigenvalue weighted by Gasteiger charge is -2.13. The molecule has 0 saturated carbocycles. The van der Waals surface area contributed by atoms with E-state index in [0.717, 1.165) is 16.3 Å². The fraction of sp³-hybridized carbons (Fsp3) is 0.143. The number of thiol groups is 1. The molecule has 0 unspecified atom stereocenters. The Morgan fingerprint density at radius 3 is 2.53 bits per heavy atom. The van der Waals surface area contributed by atoms with Crippen LogP contribution in [0.1, 0.15) is 5.56 Å². The fourth-order valence-electron chi connectivity index (χ4n) is 1.65. The summed E-state index contributed by atoms with van der Waals surface area (Å²) in [5.41, 5.74) is 3.49. The lowest BCUT2D eigenvalue weighted by molar-refractivity contribution is 1.33. The standard InChI is InChI=1S/C14H15NS2/c1-10-5-3-4-6-12(10)15-13-9-11(16)7-8-14(13)17-2/h3-9,15-16H,1-2H3. The fourth-order valence-corrected chi connectivity index (χ4v) is 2.39. The highest BCUT2D eigenvalue weighted by Crippen LogP contribution is 2.31. The van der Waals surface area contributed by atoms with Gasteiger partial charge in [0.2, 0.25) is 0 Å². The number of hydrogen-bond acceptors (Lipinski definition) is 3. The molecule has 0 aromatic heterocycles. The van der Waals surface area contributed by atoms with Crippen molar-refractivity contribution in [3.05, 3.63) is 48.0 Å². The van der Waals surface area contributed by atoms with Crippen LogP contribution in [0.2, 0.25) is 0 Å². The van der Waals surface area contributed by atoms with Crippen LogP contribution in [0.3, 0.4) is 0 Å². The molecule has 1 nitrogen and oxygen atoms in total. The van der Waals surface area contributed by atoms with Gasteiger partial charge in [-0.1, -0.05) is 18.2 Å². The van der Waals surface area contributed by atoms with E-state index in [1.807, 2.05) is 18.2 Å². The molecule has 0 heterocycles. The lowest BCUT2D eigenvalue weighted by atomic mass is 10.2. The molecule has 0 fully saturated rings. The molecule has 1 N–H and O–H groups in total. The first kappa shape index (κ1) is 12.4. The first-order valence-corrected chi connectivity index (χ1v) is 7.07. The molecule has 0 atom stereocenters. The summed E-state index contributed by atoms with van der Waals surface area (Å²) in [4.78, 5) is 2.20. The molecule has 0 amide bonds. The van der Waals surface area contributed by atoms with Crippen LogP contribution in [-0.4, -0.2) is 6.26 Å². The Hall–Kier alpha value is -1.06. The topological polar surface area (TPSA) is 12.0 Å². The molecule has 0 spiro atoms. The van der Waals surface area contributed by atoms with Crippen LogP contribution in [-0.2, 0) is 0 Å². The summed E-state index contributed by atoms with van der Waals surface area (Å²) in [6, 6.07) is 14.4. The molecule has 0 aliphatic carbocycles. The van der Waals surface area contributed by atoms with Crippen molar-refractivity contribution in [2.45, 2.75) is 16.7 Å². The molecule has 0 aliphatic heterocycles. The van der Waals surface area contributed by atoms with Gasteiger partial charge in [0.25, 0.3) is 0 Å². The number of nitrogens with one attached hydrogen (secondary N) is 1. The van der Waals surface area contributed by atoms with Gasteiger partial charge in [0.05, 0.1) is 5.69 Å². The maximum Gasteiger partial charge on any atom is 0.0533 e. The molecule has 2 aromatic carbocycles. The molecule has 2 rings (SSSR count). The summed E-state index contributed by atoms with van der Waals surface area (Å²) < 4.78 is 0. The Morgan fingerprint density at radius 2 is 1.82 bits per heavy atom. The summed E-state index contributed by atoms with van der Waals surface area (Å²) >= 11 is 6.12. The van der Waals surface area contributed by atoms with Gasteiger partial charge in [0, 0.05) is 15.5 Å². The van der Waals surface area contributed by atoms with Gasteiger partial charge in [-0.2, -0.15) is 0 Å². The third kappa shape index (κ3) is 2.99. The second-order valence-electron chi connectivity index (χ2n) is 3.82. The highest BCUT2D eigenvalue weighted by Gasteiger charge is 2.03. The summed E-state index contributed by atoms with van der Waals surface area (Å²) in [5.74, 6) is 0. The number of rotatable bonds is 3. The van der Waals surface area contributed by atoms with Crippen molar-refractivity contribution in [2.75, 3.05) is 11.6 Å². The first-order chi connectivity index (χ1) is 8.20. The van der Waals surface area contributed by atoms with Gasteiger partial charge < -0.3 is 5.32 Å². The summed E-state index contributed by atoms with van der Waals surface area (Å²) in [6.07, 6.45) is 2.08. The van der Waals surface area contributed by atoms with E-state index in [4.69, 9.17) is 0 Å². The molecule has 0 bridgehead atoms. The number of anilines is 2. The average molecular weight is 261 g/mol. The number of benzene rings is 2. The monoisotopic (exact) mass is 261 g/mol. The van der Waals surface area contributed by atoms with Crippen molar-refractivity contribution in [2.24, 2.45) is 0 Å². The highest BCUT2D eigenvalue weighted by atomic mass is 32.2. The Labute approximate surface area is 112 Å². The van der Waals surface area contributed by atoms with Gasteiger partial charge in [-0.05, 0) is 43.0 Å². The second-order valence-corrected chi connectivity index (χ2v) is 5.19. The molecular formula is C14H15NS2. The zero-order valence-electron chi connectivity index (χ0n) is 9.90. The molecule has 88 valence electrons. The van der Waals surface area contributed by atoms with E-state index in [1.54, 1.807) is 11.8 Å². The van der Waals surface area contributed by atoms with E-state index >= 15 is 0 Å². The Morgan fingerprint density at radius 1 is 1.06 bits per heavy atom. The van der Waals surface area contributed by atoms with Gasteiger partial charge in [0.1, 0.15) is 0 Å². The van der Waals surface area contributed by atoms with Gasteiger partial charge in [0.15, 0.2) is 0 Å². The number of aryl methyl sites for hydroxylation is 1. The van der Waals surface area contributed by atoms with Crippen molar-refractivity contribution in [1.29, 1.82) is 0 Å². The van der Waals surface area contributed by atoms with E-state index in [0.29, 0.717) is 0 Å². The highest BCUT2D eigenvalue weighted by molar-refractivity contribution is 7.98. The minimum atomic E-state index is 0.971. The van der Waals surface area contributed by atoms with E-state index in [-0.39, 0.29) is 0 Å². The number of hydrogen-bond donors (Lipinski definition) is 2. The SMILES string of the molecule is CSc1ccc(S)cc1Nc1ccccc1C. The van der Waals surface area contributed by atoms with Crippen molar-refractivity contribution >= 4 is 35.8 Å².